The Balaban J connectivity index is 1.46. The molecule has 1 N–H and O–H groups in total. The van der Waals surface area contributed by atoms with Crippen LogP contribution >= 0.6 is 0 Å². The van der Waals surface area contributed by atoms with E-state index in [1.165, 1.54) is 11.2 Å². The van der Waals surface area contributed by atoms with Gasteiger partial charge < -0.3 is 19.2 Å². The lowest BCUT2D eigenvalue weighted by Gasteiger charge is -2.24. The second-order valence-electron chi connectivity index (χ2n) is 9.22. The van der Waals surface area contributed by atoms with E-state index in [0.29, 0.717) is 23.7 Å². The molecule has 37 heavy (non-hydrogen) atoms. The first-order valence-corrected chi connectivity index (χ1v) is 12.1. The molecule has 1 saturated heterocycles. The summed E-state index contributed by atoms with van der Waals surface area (Å²) >= 11 is 0. The van der Waals surface area contributed by atoms with Gasteiger partial charge in [0.1, 0.15) is 23.9 Å². The smallest absolute Gasteiger partial charge is 0.296 e. The van der Waals surface area contributed by atoms with Crippen molar-refractivity contribution in [3.05, 3.63) is 130 Å². The number of aryl methyl sites for hydroxylation is 2. The zero-order chi connectivity index (χ0) is 25.9. The summed E-state index contributed by atoms with van der Waals surface area (Å²) in [4.78, 5) is 27.7. The Bertz CT molecular complexity index is 1450. The third-order valence-electron chi connectivity index (χ3n) is 6.46. The van der Waals surface area contributed by atoms with Crippen molar-refractivity contribution in [1.82, 2.24) is 4.90 Å². The summed E-state index contributed by atoms with van der Waals surface area (Å²) in [5.74, 6) is -0.451. The molecular weight excluding hydrogens is 466 g/mol. The van der Waals surface area contributed by atoms with Gasteiger partial charge in [-0.3, -0.25) is 9.59 Å². The maximum Gasteiger partial charge on any atom is 0.296 e. The summed E-state index contributed by atoms with van der Waals surface area (Å²) in [7, 11) is 0. The van der Waals surface area contributed by atoms with Gasteiger partial charge in [0, 0.05) is 5.56 Å². The first-order valence-electron chi connectivity index (χ1n) is 12.1. The van der Waals surface area contributed by atoms with Crippen molar-refractivity contribution < 1.29 is 23.8 Å². The van der Waals surface area contributed by atoms with Crippen molar-refractivity contribution in [2.24, 2.45) is 0 Å². The first kappa shape index (κ1) is 24.1. The Morgan fingerprint density at radius 2 is 1.68 bits per heavy atom. The van der Waals surface area contributed by atoms with Crippen LogP contribution in [-0.2, 0) is 22.7 Å². The normalized spacial score (nSPS) is 16.8. The Labute approximate surface area is 215 Å². The monoisotopic (exact) mass is 493 g/mol. The predicted octanol–water partition coefficient (Wildman–Crippen LogP) is 6.10. The van der Waals surface area contributed by atoms with Gasteiger partial charge in [0.25, 0.3) is 11.7 Å². The minimum absolute atomic E-state index is 0.0499. The fourth-order valence-electron chi connectivity index (χ4n) is 4.54. The predicted molar refractivity (Wildman–Crippen MR) is 140 cm³/mol. The van der Waals surface area contributed by atoms with Crippen LogP contribution in [0.5, 0.6) is 5.75 Å². The molecule has 2 heterocycles. The van der Waals surface area contributed by atoms with E-state index < -0.39 is 17.7 Å². The molecule has 0 unspecified atom stereocenters. The number of rotatable bonds is 7. The van der Waals surface area contributed by atoms with Crippen LogP contribution in [0.3, 0.4) is 0 Å². The zero-order valence-corrected chi connectivity index (χ0v) is 20.7. The fourth-order valence-corrected chi connectivity index (χ4v) is 4.54. The first-order chi connectivity index (χ1) is 17.9. The molecule has 0 spiro atoms. The minimum atomic E-state index is -0.747. The molecule has 0 bridgehead atoms. The summed E-state index contributed by atoms with van der Waals surface area (Å²) < 4.78 is 11.3. The van der Waals surface area contributed by atoms with Gasteiger partial charge >= 0.3 is 0 Å². The molecule has 1 aliphatic rings. The number of aliphatic hydroxyl groups is 1. The summed E-state index contributed by atoms with van der Waals surface area (Å²) in [6.45, 7) is 4.52. The highest BCUT2D eigenvalue weighted by atomic mass is 16.5. The summed E-state index contributed by atoms with van der Waals surface area (Å²) in [6.07, 6.45) is 1.52. The molecule has 1 atom stereocenters. The number of aliphatic hydroxyl groups excluding tert-OH is 1. The lowest BCUT2D eigenvalue weighted by atomic mass is 9.94. The van der Waals surface area contributed by atoms with Gasteiger partial charge in [-0.2, -0.15) is 0 Å². The molecule has 3 aromatic carbocycles. The standard InChI is InChI=1S/C31H27NO5/c1-20-8-10-23(11-9-20)28-27(30(34)31(35)32(28)18-26-7-4-16-36-26)29(33)24-12-14-25(15-13-24)37-19-22-6-3-5-21(2)17-22/h3-17,28,33H,18-19H2,1-2H3/t28-/m0/s1. The molecule has 1 fully saturated rings. The van der Waals surface area contributed by atoms with Crippen LogP contribution in [0.25, 0.3) is 5.76 Å². The number of likely N-dealkylation sites (tertiary alicyclic amines) is 1. The maximum atomic E-state index is 13.2. The number of hydrogen-bond acceptors (Lipinski definition) is 5. The second kappa shape index (κ2) is 10.2. The highest BCUT2D eigenvalue weighted by molar-refractivity contribution is 6.46. The lowest BCUT2D eigenvalue weighted by Crippen LogP contribution is -2.29. The van der Waals surface area contributed by atoms with Crippen LogP contribution in [0, 0.1) is 13.8 Å². The Morgan fingerprint density at radius 1 is 0.919 bits per heavy atom. The minimum Gasteiger partial charge on any atom is -0.507 e. The number of carbonyl (C=O) groups is 2. The zero-order valence-electron chi connectivity index (χ0n) is 20.7. The largest absolute Gasteiger partial charge is 0.507 e. The Hall–Kier alpha value is -4.58. The Kier molecular flexibility index (Phi) is 6.64. The van der Waals surface area contributed by atoms with Gasteiger partial charge in [0.05, 0.1) is 24.4 Å². The quantitative estimate of drug-likeness (QED) is 0.191. The van der Waals surface area contributed by atoms with E-state index in [1.807, 2.05) is 56.3 Å². The molecule has 5 rings (SSSR count). The molecule has 6 heteroatoms. The highest BCUT2D eigenvalue weighted by Gasteiger charge is 2.46. The topological polar surface area (TPSA) is 80.0 Å². The van der Waals surface area contributed by atoms with Gasteiger partial charge in [-0.05, 0) is 61.4 Å². The summed E-state index contributed by atoms with van der Waals surface area (Å²) in [5, 5.41) is 11.3. The van der Waals surface area contributed by atoms with Crippen molar-refractivity contribution in [3.8, 4) is 5.75 Å². The van der Waals surface area contributed by atoms with Crippen molar-refractivity contribution in [1.29, 1.82) is 0 Å². The van der Waals surface area contributed by atoms with E-state index in [1.54, 1.807) is 36.4 Å². The second-order valence-corrected chi connectivity index (χ2v) is 9.22. The van der Waals surface area contributed by atoms with Gasteiger partial charge in [0.15, 0.2) is 0 Å². The number of carbonyl (C=O) groups excluding carboxylic acids is 2. The van der Waals surface area contributed by atoms with E-state index in [2.05, 4.69) is 6.07 Å². The van der Waals surface area contributed by atoms with Crippen LogP contribution in [0.1, 0.15) is 39.6 Å². The molecule has 6 nitrogen and oxygen atoms in total. The number of Topliss-reactive ketones (excluding diaryl/α,β-unsaturated/α-hetero) is 1. The number of amides is 1. The highest BCUT2D eigenvalue weighted by Crippen LogP contribution is 2.40. The van der Waals surface area contributed by atoms with Crippen LogP contribution in [0.15, 0.2) is 101 Å². The lowest BCUT2D eigenvalue weighted by molar-refractivity contribution is -0.140. The number of ether oxygens (including phenoxy) is 1. The number of furan rings is 1. The fraction of sp³-hybridized carbons (Fsp3) is 0.161. The Morgan fingerprint density at radius 3 is 2.35 bits per heavy atom. The van der Waals surface area contributed by atoms with E-state index in [4.69, 9.17) is 9.15 Å². The van der Waals surface area contributed by atoms with E-state index in [9.17, 15) is 14.7 Å². The van der Waals surface area contributed by atoms with E-state index in [-0.39, 0.29) is 17.9 Å². The van der Waals surface area contributed by atoms with Crippen LogP contribution in [0.4, 0.5) is 0 Å². The summed E-state index contributed by atoms with van der Waals surface area (Å²) in [5.41, 5.74) is 4.48. The molecular formula is C31H27NO5. The molecule has 0 saturated carbocycles. The molecule has 1 amide bonds. The van der Waals surface area contributed by atoms with Crippen molar-refractivity contribution in [2.45, 2.75) is 33.0 Å². The summed E-state index contributed by atoms with van der Waals surface area (Å²) in [6, 6.07) is 25.3. The average molecular weight is 494 g/mol. The maximum absolute atomic E-state index is 13.2. The van der Waals surface area contributed by atoms with E-state index in [0.717, 1.165) is 22.3 Å². The van der Waals surface area contributed by atoms with Gasteiger partial charge in [-0.1, -0.05) is 59.7 Å². The van der Waals surface area contributed by atoms with Crippen molar-refractivity contribution in [2.75, 3.05) is 0 Å². The molecule has 1 aromatic heterocycles. The third kappa shape index (κ3) is 5.05. The van der Waals surface area contributed by atoms with Gasteiger partial charge in [0.2, 0.25) is 0 Å². The number of ketones is 1. The third-order valence-corrected chi connectivity index (χ3v) is 6.46. The van der Waals surface area contributed by atoms with Gasteiger partial charge in [-0.25, -0.2) is 0 Å². The number of hydrogen-bond donors (Lipinski definition) is 1. The molecule has 0 radical (unpaired) electrons. The van der Waals surface area contributed by atoms with Crippen LogP contribution < -0.4 is 4.74 Å². The number of nitrogens with zero attached hydrogens (tertiary/aromatic N) is 1. The van der Waals surface area contributed by atoms with Crippen LogP contribution in [-0.4, -0.2) is 21.7 Å². The number of benzene rings is 3. The molecule has 1 aliphatic heterocycles. The SMILES string of the molecule is Cc1ccc([C@H]2C(=C(O)c3ccc(OCc4cccc(C)c4)cc3)C(=O)C(=O)N2Cc2ccco2)cc1. The molecule has 0 aliphatic carbocycles. The van der Waals surface area contributed by atoms with Crippen molar-refractivity contribution in [3.63, 3.8) is 0 Å². The average Bonchev–Trinajstić information content (AvgIpc) is 3.50. The van der Waals surface area contributed by atoms with E-state index >= 15 is 0 Å². The molecule has 4 aromatic rings. The van der Waals surface area contributed by atoms with Gasteiger partial charge in [-0.15, -0.1) is 0 Å². The molecule has 186 valence electrons. The van der Waals surface area contributed by atoms with Crippen molar-refractivity contribution >= 4 is 17.4 Å². The van der Waals surface area contributed by atoms with Crippen LogP contribution in [0.2, 0.25) is 0 Å².